The highest BCUT2D eigenvalue weighted by atomic mass is 16.2. The number of piperidine rings is 1. The van der Waals surface area contributed by atoms with Crippen molar-refractivity contribution in [3.8, 4) is 5.69 Å². The van der Waals surface area contributed by atoms with Gasteiger partial charge in [0.25, 0.3) is 17.4 Å². The number of aromatic amines is 1. The van der Waals surface area contributed by atoms with Crippen molar-refractivity contribution in [2.75, 3.05) is 13.1 Å². The first kappa shape index (κ1) is 19.7. The number of amides is 4. The molecule has 2 saturated heterocycles. The molecule has 10 nitrogen and oxygen atoms in total. The molecule has 2 aliphatic rings. The summed E-state index contributed by atoms with van der Waals surface area (Å²) < 4.78 is 1.05. The van der Waals surface area contributed by atoms with Gasteiger partial charge in [-0.2, -0.15) is 0 Å². The van der Waals surface area contributed by atoms with E-state index >= 15 is 0 Å². The van der Waals surface area contributed by atoms with E-state index in [0.29, 0.717) is 24.1 Å². The minimum absolute atomic E-state index is 0.272. The van der Waals surface area contributed by atoms with Crippen molar-refractivity contribution in [2.45, 2.75) is 18.4 Å². The van der Waals surface area contributed by atoms with Crippen molar-refractivity contribution in [3.63, 3.8) is 0 Å². The number of aromatic nitrogens is 2. The zero-order valence-electron chi connectivity index (χ0n) is 16.9. The van der Waals surface area contributed by atoms with E-state index in [-0.39, 0.29) is 35.8 Å². The van der Waals surface area contributed by atoms with Gasteiger partial charge in [-0.25, -0.2) is 14.2 Å². The van der Waals surface area contributed by atoms with Crippen molar-refractivity contribution in [3.05, 3.63) is 74.9 Å². The first-order valence-electron chi connectivity index (χ1n) is 10.2. The van der Waals surface area contributed by atoms with Gasteiger partial charge in [0, 0.05) is 18.7 Å². The van der Waals surface area contributed by atoms with Crippen LogP contribution in [-0.2, 0) is 4.79 Å². The lowest BCUT2D eigenvalue weighted by molar-refractivity contribution is -0.125. The first-order valence-corrected chi connectivity index (χ1v) is 10.2. The second-order valence-corrected chi connectivity index (χ2v) is 7.95. The van der Waals surface area contributed by atoms with Crippen LogP contribution in [-0.4, -0.2) is 50.9 Å². The van der Waals surface area contributed by atoms with E-state index in [4.69, 9.17) is 0 Å². The molecule has 0 unspecified atom stereocenters. The molecule has 1 aromatic heterocycles. The maximum atomic E-state index is 13.0. The lowest BCUT2D eigenvalue weighted by Gasteiger charge is -2.37. The number of rotatable bonds is 2. The fourth-order valence-corrected chi connectivity index (χ4v) is 4.32. The molecule has 0 atom stereocenters. The zero-order chi connectivity index (χ0) is 22.5. The average molecular weight is 433 g/mol. The second kappa shape index (κ2) is 7.19. The molecule has 0 saturated carbocycles. The van der Waals surface area contributed by atoms with E-state index in [9.17, 15) is 24.0 Å². The van der Waals surface area contributed by atoms with Crippen molar-refractivity contribution >= 4 is 28.7 Å². The molecule has 2 aliphatic heterocycles. The standard InChI is InChI=1S/C22H19N5O5/c28-17(26-10-8-22(9-11-26)19(30)24-20(31)25-22)13-6-7-15-16(12-13)23-21(32)27(18(15)29)14-4-2-1-3-5-14/h1-7,12H,8-11H2,(H,23,32)(H2,24,25,30,31). The van der Waals surface area contributed by atoms with Crippen molar-refractivity contribution < 1.29 is 14.4 Å². The molecule has 0 aliphatic carbocycles. The molecule has 0 radical (unpaired) electrons. The first-order chi connectivity index (χ1) is 15.4. The van der Waals surface area contributed by atoms with Gasteiger partial charge < -0.3 is 15.2 Å². The number of carbonyl (C=O) groups is 3. The van der Waals surface area contributed by atoms with Gasteiger partial charge in [-0.15, -0.1) is 0 Å². The van der Waals surface area contributed by atoms with Gasteiger partial charge in [-0.1, -0.05) is 18.2 Å². The van der Waals surface area contributed by atoms with E-state index < -0.39 is 22.8 Å². The molecule has 1 spiro atoms. The number of urea groups is 1. The SMILES string of the molecule is O=C1NC(=O)C2(CCN(C(=O)c3ccc4c(=O)n(-c5ccccc5)c(=O)[nH]c4c3)CC2)N1. The fourth-order valence-electron chi connectivity index (χ4n) is 4.32. The quantitative estimate of drug-likeness (QED) is 0.506. The highest BCUT2D eigenvalue weighted by Gasteiger charge is 2.48. The molecule has 162 valence electrons. The van der Waals surface area contributed by atoms with Crippen LogP contribution >= 0.6 is 0 Å². The topological polar surface area (TPSA) is 133 Å². The maximum absolute atomic E-state index is 13.0. The van der Waals surface area contributed by atoms with Crippen LogP contribution in [0.4, 0.5) is 4.79 Å². The Bertz CT molecular complexity index is 1380. The Kier molecular flexibility index (Phi) is 4.43. The largest absolute Gasteiger partial charge is 0.338 e. The summed E-state index contributed by atoms with van der Waals surface area (Å²) in [6.45, 7) is 0.577. The number of hydrogen-bond donors (Lipinski definition) is 3. The smallest absolute Gasteiger partial charge is 0.333 e. The highest BCUT2D eigenvalue weighted by Crippen LogP contribution is 2.26. The molecule has 3 aromatic rings. The third kappa shape index (κ3) is 3.08. The van der Waals surface area contributed by atoms with Crippen molar-refractivity contribution in [2.24, 2.45) is 0 Å². The molecule has 32 heavy (non-hydrogen) atoms. The predicted molar refractivity (Wildman–Crippen MR) is 115 cm³/mol. The summed E-state index contributed by atoms with van der Waals surface area (Å²) in [5, 5.41) is 5.19. The fraction of sp³-hybridized carbons (Fsp3) is 0.227. The maximum Gasteiger partial charge on any atom is 0.333 e. The van der Waals surface area contributed by atoms with E-state index in [1.165, 1.54) is 12.1 Å². The number of benzene rings is 2. The van der Waals surface area contributed by atoms with Crippen LogP contribution < -0.4 is 21.9 Å². The van der Waals surface area contributed by atoms with Crippen LogP contribution in [0.5, 0.6) is 0 Å². The summed E-state index contributed by atoms with van der Waals surface area (Å²) in [4.78, 5) is 66.3. The normalized spacial score (nSPS) is 17.4. The molecular weight excluding hydrogens is 414 g/mol. The van der Waals surface area contributed by atoms with E-state index in [2.05, 4.69) is 15.6 Å². The van der Waals surface area contributed by atoms with Gasteiger partial charge in [0.1, 0.15) is 5.54 Å². The summed E-state index contributed by atoms with van der Waals surface area (Å²) in [5.41, 5.74) is -0.996. The van der Waals surface area contributed by atoms with E-state index in [0.717, 1.165) is 4.57 Å². The summed E-state index contributed by atoms with van der Waals surface area (Å²) in [6.07, 6.45) is 0.616. The van der Waals surface area contributed by atoms with Crippen LogP contribution in [0.2, 0.25) is 0 Å². The third-order valence-corrected chi connectivity index (χ3v) is 6.08. The van der Waals surface area contributed by atoms with E-state index in [1.54, 1.807) is 41.3 Å². The van der Waals surface area contributed by atoms with Gasteiger partial charge in [0.2, 0.25) is 0 Å². The van der Waals surface area contributed by atoms with Crippen LogP contribution in [0.1, 0.15) is 23.2 Å². The Balaban J connectivity index is 1.43. The molecular formula is C22H19N5O5. The van der Waals surface area contributed by atoms with Crippen molar-refractivity contribution in [1.82, 2.24) is 25.1 Å². The van der Waals surface area contributed by atoms with Crippen LogP contribution in [0.25, 0.3) is 16.6 Å². The molecule has 2 aromatic carbocycles. The van der Waals surface area contributed by atoms with Gasteiger partial charge in [-0.3, -0.25) is 19.7 Å². The lowest BCUT2D eigenvalue weighted by Crippen LogP contribution is -2.55. The monoisotopic (exact) mass is 433 g/mol. The highest BCUT2D eigenvalue weighted by molar-refractivity contribution is 6.07. The molecule has 10 heteroatoms. The Morgan fingerprint density at radius 3 is 2.31 bits per heavy atom. The van der Waals surface area contributed by atoms with Gasteiger partial charge in [-0.05, 0) is 43.2 Å². The number of H-pyrrole nitrogens is 1. The number of para-hydroxylation sites is 1. The molecule has 3 heterocycles. The number of hydrogen-bond acceptors (Lipinski definition) is 5. The summed E-state index contributed by atoms with van der Waals surface area (Å²) in [6, 6.07) is 12.6. The second-order valence-electron chi connectivity index (χ2n) is 7.95. The Hall–Kier alpha value is -4.21. The van der Waals surface area contributed by atoms with Gasteiger partial charge in [0.05, 0.1) is 16.6 Å². The lowest BCUT2D eigenvalue weighted by atomic mass is 9.87. The van der Waals surface area contributed by atoms with Crippen LogP contribution in [0.15, 0.2) is 58.1 Å². The predicted octanol–water partition coefficient (Wildman–Crippen LogP) is 0.493. The number of nitrogens with zero attached hydrogens (tertiary/aromatic N) is 2. The molecule has 3 N–H and O–H groups in total. The average Bonchev–Trinajstić information content (AvgIpc) is 3.06. The Morgan fingerprint density at radius 1 is 0.938 bits per heavy atom. The Morgan fingerprint density at radius 2 is 1.66 bits per heavy atom. The Labute approximate surface area is 180 Å². The number of nitrogens with one attached hydrogen (secondary N) is 3. The van der Waals surface area contributed by atoms with Crippen LogP contribution in [0.3, 0.4) is 0 Å². The molecule has 5 rings (SSSR count). The van der Waals surface area contributed by atoms with E-state index in [1.807, 2.05) is 0 Å². The minimum atomic E-state index is -0.967. The number of carbonyl (C=O) groups excluding carboxylic acids is 3. The number of fused-ring (bicyclic) bond motifs is 1. The summed E-state index contributed by atoms with van der Waals surface area (Å²) in [7, 11) is 0. The third-order valence-electron chi connectivity index (χ3n) is 6.08. The van der Waals surface area contributed by atoms with Gasteiger partial charge in [0.15, 0.2) is 0 Å². The summed E-state index contributed by atoms with van der Waals surface area (Å²) >= 11 is 0. The number of imide groups is 1. The molecule has 4 amide bonds. The molecule has 2 fully saturated rings. The summed E-state index contributed by atoms with van der Waals surface area (Å²) in [5.74, 6) is -0.646. The molecule has 0 bridgehead atoms. The zero-order valence-corrected chi connectivity index (χ0v) is 16.9. The number of likely N-dealkylation sites (tertiary alicyclic amines) is 1. The van der Waals surface area contributed by atoms with Gasteiger partial charge >= 0.3 is 11.7 Å². The van der Waals surface area contributed by atoms with Crippen LogP contribution in [0, 0.1) is 0 Å². The minimum Gasteiger partial charge on any atom is -0.338 e. The van der Waals surface area contributed by atoms with Crippen molar-refractivity contribution in [1.29, 1.82) is 0 Å².